The summed E-state index contributed by atoms with van der Waals surface area (Å²) < 4.78 is 2.02. The van der Waals surface area contributed by atoms with Gasteiger partial charge in [-0.05, 0) is 19.1 Å². The summed E-state index contributed by atoms with van der Waals surface area (Å²) in [6.07, 6.45) is 5.46. The Balaban J connectivity index is 1.89. The molecule has 0 atom stereocenters. The topological polar surface area (TPSA) is 42.2 Å². The Morgan fingerprint density at radius 2 is 1.74 bits per heavy atom. The van der Waals surface area contributed by atoms with Crippen LogP contribution in [0.25, 0.3) is 16.9 Å². The van der Waals surface area contributed by atoms with E-state index in [1.807, 2.05) is 40.9 Å². The van der Waals surface area contributed by atoms with Crippen molar-refractivity contribution in [2.45, 2.75) is 6.92 Å². The molecule has 0 aliphatic rings. The standard InChI is InChI=1S/C19H16N4/c1-14-7-9-15(10-8-14)18-19(21-16-5-3-2-4-6-16)23-12-11-20-13-17(23)22-18/h2-13,21H,1H3. The van der Waals surface area contributed by atoms with Gasteiger partial charge in [0.05, 0.1) is 6.20 Å². The summed E-state index contributed by atoms with van der Waals surface area (Å²) in [6.45, 7) is 2.08. The SMILES string of the molecule is Cc1ccc(-c2nc3cnccn3c2Nc2ccccc2)cc1. The van der Waals surface area contributed by atoms with Gasteiger partial charge in [0.25, 0.3) is 0 Å². The highest BCUT2D eigenvalue weighted by molar-refractivity contribution is 5.79. The summed E-state index contributed by atoms with van der Waals surface area (Å²) in [5, 5.41) is 3.48. The smallest absolute Gasteiger partial charge is 0.157 e. The minimum Gasteiger partial charge on any atom is -0.339 e. The second kappa shape index (κ2) is 5.57. The second-order valence-electron chi connectivity index (χ2n) is 5.47. The molecule has 2 aromatic heterocycles. The van der Waals surface area contributed by atoms with Gasteiger partial charge in [0.2, 0.25) is 0 Å². The largest absolute Gasteiger partial charge is 0.339 e. The summed E-state index contributed by atoms with van der Waals surface area (Å²) in [5.41, 5.74) is 5.08. The number of imidazole rings is 1. The van der Waals surface area contributed by atoms with Gasteiger partial charge in [0.1, 0.15) is 11.5 Å². The molecule has 0 radical (unpaired) electrons. The van der Waals surface area contributed by atoms with Crippen molar-refractivity contribution in [2.75, 3.05) is 5.32 Å². The highest BCUT2D eigenvalue weighted by atomic mass is 15.1. The van der Waals surface area contributed by atoms with Gasteiger partial charge in [0, 0.05) is 23.6 Å². The first-order valence-electron chi connectivity index (χ1n) is 7.52. The first-order chi connectivity index (χ1) is 11.3. The molecule has 1 N–H and O–H groups in total. The average Bonchev–Trinajstić information content (AvgIpc) is 2.95. The minimum atomic E-state index is 0.821. The van der Waals surface area contributed by atoms with Gasteiger partial charge in [-0.3, -0.25) is 9.38 Å². The predicted octanol–water partition coefficient (Wildman–Crippen LogP) is 4.45. The maximum absolute atomic E-state index is 4.75. The third-order valence-electron chi connectivity index (χ3n) is 3.79. The zero-order chi connectivity index (χ0) is 15.6. The molecule has 2 heterocycles. The van der Waals surface area contributed by atoms with Crippen molar-refractivity contribution in [2.24, 2.45) is 0 Å². The zero-order valence-electron chi connectivity index (χ0n) is 12.8. The normalized spacial score (nSPS) is 10.8. The molecule has 0 bridgehead atoms. The number of hydrogen-bond acceptors (Lipinski definition) is 3. The number of nitrogens with one attached hydrogen (secondary N) is 1. The van der Waals surface area contributed by atoms with Crippen molar-refractivity contribution in [1.82, 2.24) is 14.4 Å². The van der Waals surface area contributed by atoms with E-state index in [1.54, 1.807) is 12.4 Å². The molecular formula is C19H16N4. The number of anilines is 2. The van der Waals surface area contributed by atoms with E-state index in [1.165, 1.54) is 5.56 Å². The number of aromatic nitrogens is 3. The molecule has 0 spiro atoms. The van der Waals surface area contributed by atoms with Crippen molar-refractivity contribution in [3.8, 4) is 11.3 Å². The minimum absolute atomic E-state index is 0.821. The lowest BCUT2D eigenvalue weighted by molar-refractivity contribution is 1.13. The van der Waals surface area contributed by atoms with E-state index in [0.717, 1.165) is 28.4 Å². The Kier molecular flexibility index (Phi) is 3.27. The van der Waals surface area contributed by atoms with E-state index >= 15 is 0 Å². The lowest BCUT2D eigenvalue weighted by Gasteiger charge is -2.09. The van der Waals surface area contributed by atoms with Crippen LogP contribution in [0.2, 0.25) is 0 Å². The first-order valence-corrected chi connectivity index (χ1v) is 7.52. The van der Waals surface area contributed by atoms with Gasteiger partial charge < -0.3 is 5.32 Å². The molecule has 112 valence electrons. The monoisotopic (exact) mass is 300 g/mol. The van der Waals surface area contributed by atoms with Gasteiger partial charge in [-0.25, -0.2) is 4.98 Å². The maximum Gasteiger partial charge on any atom is 0.157 e. The number of aryl methyl sites for hydroxylation is 1. The average molecular weight is 300 g/mol. The molecule has 0 fully saturated rings. The molecule has 0 saturated carbocycles. The van der Waals surface area contributed by atoms with E-state index in [2.05, 4.69) is 41.5 Å². The Morgan fingerprint density at radius 3 is 2.52 bits per heavy atom. The van der Waals surface area contributed by atoms with Crippen LogP contribution in [0, 0.1) is 6.92 Å². The third-order valence-corrected chi connectivity index (χ3v) is 3.79. The van der Waals surface area contributed by atoms with Gasteiger partial charge in [-0.15, -0.1) is 0 Å². The molecule has 0 aliphatic heterocycles. The van der Waals surface area contributed by atoms with Crippen LogP contribution in [0.5, 0.6) is 0 Å². The highest BCUT2D eigenvalue weighted by Gasteiger charge is 2.14. The van der Waals surface area contributed by atoms with Crippen LogP contribution in [-0.4, -0.2) is 14.4 Å². The number of rotatable bonds is 3. The molecule has 4 rings (SSSR count). The second-order valence-corrected chi connectivity index (χ2v) is 5.47. The van der Waals surface area contributed by atoms with Crippen molar-refractivity contribution in [3.63, 3.8) is 0 Å². The molecule has 0 aliphatic carbocycles. The Labute approximate surface area is 134 Å². The lowest BCUT2D eigenvalue weighted by atomic mass is 10.1. The van der Waals surface area contributed by atoms with Crippen LogP contribution in [-0.2, 0) is 0 Å². The van der Waals surface area contributed by atoms with Crippen LogP contribution in [0.4, 0.5) is 11.5 Å². The Morgan fingerprint density at radius 1 is 0.957 bits per heavy atom. The predicted molar refractivity (Wildman–Crippen MR) is 92.9 cm³/mol. The van der Waals surface area contributed by atoms with Gasteiger partial charge in [-0.2, -0.15) is 0 Å². The van der Waals surface area contributed by atoms with Crippen LogP contribution >= 0.6 is 0 Å². The molecule has 0 saturated heterocycles. The molecule has 4 heteroatoms. The fourth-order valence-electron chi connectivity index (χ4n) is 2.60. The Bertz CT molecular complexity index is 940. The summed E-state index contributed by atoms with van der Waals surface area (Å²) in [7, 11) is 0. The van der Waals surface area contributed by atoms with Gasteiger partial charge in [-0.1, -0.05) is 48.0 Å². The quantitative estimate of drug-likeness (QED) is 0.608. The molecule has 23 heavy (non-hydrogen) atoms. The van der Waals surface area contributed by atoms with Gasteiger partial charge >= 0.3 is 0 Å². The van der Waals surface area contributed by atoms with Crippen molar-refractivity contribution in [3.05, 3.63) is 78.8 Å². The summed E-state index contributed by atoms with van der Waals surface area (Å²) in [5.74, 6) is 0.942. The number of nitrogens with zero attached hydrogens (tertiary/aromatic N) is 3. The molecule has 0 unspecified atom stereocenters. The summed E-state index contributed by atoms with van der Waals surface area (Å²) in [4.78, 5) is 8.92. The van der Waals surface area contributed by atoms with E-state index in [9.17, 15) is 0 Å². The molecular weight excluding hydrogens is 284 g/mol. The van der Waals surface area contributed by atoms with E-state index < -0.39 is 0 Å². The van der Waals surface area contributed by atoms with Crippen LogP contribution < -0.4 is 5.32 Å². The number of para-hydroxylation sites is 1. The summed E-state index contributed by atoms with van der Waals surface area (Å²) in [6, 6.07) is 18.5. The number of fused-ring (bicyclic) bond motifs is 1. The van der Waals surface area contributed by atoms with Gasteiger partial charge in [0.15, 0.2) is 5.65 Å². The van der Waals surface area contributed by atoms with E-state index in [-0.39, 0.29) is 0 Å². The first kappa shape index (κ1) is 13.5. The number of hydrogen-bond donors (Lipinski definition) is 1. The number of benzene rings is 2. The summed E-state index contributed by atoms with van der Waals surface area (Å²) >= 11 is 0. The molecule has 4 aromatic rings. The van der Waals surface area contributed by atoms with Crippen LogP contribution in [0.3, 0.4) is 0 Å². The van der Waals surface area contributed by atoms with Crippen LogP contribution in [0.1, 0.15) is 5.56 Å². The zero-order valence-corrected chi connectivity index (χ0v) is 12.8. The lowest BCUT2D eigenvalue weighted by Crippen LogP contribution is -1.96. The van der Waals surface area contributed by atoms with Crippen molar-refractivity contribution in [1.29, 1.82) is 0 Å². The Hall–Kier alpha value is -3.14. The van der Waals surface area contributed by atoms with E-state index in [0.29, 0.717) is 0 Å². The maximum atomic E-state index is 4.75. The van der Waals surface area contributed by atoms with E-state index in [4.69, 9.17) is 4.98 Å². The third kappa shape index (κ3) is 2.55. The van der Waals surface area contributed by atoms with Crippen molar-refractivity contribution < 1.29 is 0 Å². The fourth-order valence-corrected chi connectivity index (χ4v) is 2.60. The van der Waals surface area contributed by atoms with Crippen LogP contribution in [0.15, 0.2) is 73.2 Å². The van der Waals surface area contributed by atoms with Crippen molar-refractivity contribution >= 4 is 17.2 Å². The molecule has 4 nitrogen and oxygen atoms in total. The molecule has 0 amide bonds. The fraction of sp³-hybridized carbons (Fsp3) is 0.0526. The molecule has 2 aromatic carbocycles. The highest BCUT2D eigenvalue weighted by Crippen LogP contribution is 2.30.